The van der Waals surface area contributed by atoms with Gasteiger partial charge in [-0.25, -0.2) is 9.07 Å². The second-order valence-corrected chi connectivity index (χ2v) is 4.37. The van der Waals surface area contributed by atoms with Gasteiger partial charge in [0.05, 0.1) is 21.0 Å². The van der Waals surface area contributed by atoms with Crippen LogP contribution in [-0.2, 0) is 0 Å². The molecule has 1 aromatic carbocycles. The first kappa shape index (κ1) is 11.1. The zero-order valence-electron chi connectivity index (χ0n) is 8.02. The lowest BCUT2D eigenvalue weighted by Gasteiger charge is -2.06. The Hall–Kier alpha value is -1.44. The van der Waals surface area contributed by atoms with Crippen LogP contribution in [0.25, 0.3) is 5.69 Å². The highest BCUT2D eigenvalue weighted by atomic mass is 127. The van der Waals surface area contributed by atoms with Gasteiger partial charge in [-0.15, -0.1) is 0 Å². The summed E-state index contributed by atoms with van der Waals surface area (Å²) in [6.07, 6.45) is 3.36. The Morgan fingerprint density at radius 2 is 2.25 bits per heavy atom. The number of primary amides is 1. The van der Waals surface area contributed by atoms with Gasteiger partial charge in [-0.1, -0.05) is 0 Å². The molecule has 0 atom stereocenters. The molecule has 1 aromatic heterocycles. The molecule has 16 heavy (non-hydrogen) atoms. The summed E-state index contributed by atoms with van der Waals surface area (Å²) in [5.74, 6) is -1.18. The number of hydrogen-bond acceptors (Lipinski definition) is 2. The van der Waals surface area contributed by atoms with Crippen LogP contribution in [0, 0.1) is 9.39 Å². The molecule has 2 N–H and O–H groups in total. The van der Waals surface area contributed by atoms with E-state index in [1.54, 1.807) is 12.4 Å². The molecular weight excluding hydrogens is 324 g/mol. The van der Waals surface area contributed by atoms with Crippen molar-refractivity contribution in [3.05, 3.63) is 45.5 Å². The lowest BCUT2D eigenvalue weighted by Crippen LogP contribution is -2.15. The van der Waals surface area contributed by atoms with Crippen LogP contribution in [0.5, 0.6) is 0 Å². The third kappa shape index (κ3) is 2.06. The molecule has 0 spiro atoms. The maximum Gasteiger partial charge on any atom is 0.250 e. The Labute approximate surface area is 104 Å². The van der Waals surface area contributed by atoms with E-state index in [2.05, 4.69) is 27.7 Å². The standard InChI is InChI=1S/C10H7FIN3O/c11-6-1-2-9(8(3-6)10(13)16)15-5-7(12)4-14-15/h1-5H,(H2,13,16). The molecule has 0 aliphatic heterocycles. The van der Waals surface area contributed by atoms with Gasteiger partial charge in [0, 0.05) is 6.20 Å². The summed E-state index contributed by atoms with van der Waals surface area (Å²) in [4.78, 5) is 11.2. The lowest BCUT2D eigenvalue weighted by atomic mass is 10.1. The van der Waals surface area contributed by atoms with Gasteiger partial charge in [-0.2, -0.15) is 5.10 Å². The molecule has 0 aliphatic rings. The quantitative estimate of drug-likeness (QED) is 0.852. The van der Waals surface area contributed by atoms with Crippen molar-refractivity contribution in [1.82, 2.24) is 9.78 Å². The van der Waals surface area contributed by atoms with Gasteiger partial charge >= 0.3 is 0 Å². The van der Waals surface area contributed by atoms with E-state index in [4.69, 9.17) is 5.73 Å². The number of benzene rings is 1. The van der Waals surface area contributed by atoms with Crippen molar-refractivity contribution in [2.45, 2.75) is 0 Å². The van der Waals surface area contributed by atoms with Gasteiger partial charge in [0.15, 0.2) is 0 Å². The second kappa shape index (κ2) is 4.20. The van der Waals surface area contributed by atoms with Crippen LogP contribution < -0.4 is 5.73 Å². The SMILES string of the molecule is NC(=O)c1cc(F)ccc1-n1cc(I)cn1. The molecule has 2 rings (SSSR count). The van der Waals surface area contributed by atoms with Gasteiger partial charge < -0.3 is 5.73 Å². The number of hydrogen-bond donors (Lipinski definition) is 1. The number of amides is 1. The predicted molar refractivity (Wildman–Crippen MR) is 64.8 cm³/mol. The third-order valence-electron chi connectivity index (χ3n) is 2.02. The van der Waals surface area contributed by atoms with E-state index in [9.17, 15) is 9.18 Å². The molecule has 0 saturated carbocycles. The van der Waals surface area contributed by atoms with Gasteiger partial charge in [0.25, 0.3) is 5.91 Å². The minimum absolute atomic E-state index is 0.111. The summed E-state index contributed by atoms with van der Waals surface area (Å²) >= 11 is 2.09. The number of nitrogens with zero attached hydrogens (tertiary/aromatic N) is 2. The summed E-state index contributed by atoms with van der Waals surface area (Å²) in [7, 11) is 0. The first-order valence-electron chi connectivity index (χ1n) is 4.38. The van der Waals surface area contributed by atoms with Gasteiger partial charge in [-0.3, -0.25) is 4.79 Å². The van der Waals surface area contributed by atoms with E-state index >= 15 is 0 Å². The summed E-state index contributed by atoms with van der Waals surface area (Å²) in [6, 6.07) is 3.83. The summed E-state index contributed by atoms with van der Waals surface area (Å²) in [5, 5.41) is 4.04. The van der Waals surface area contributed by atoms with Gasteiger partial charge in [0.1, 0.15) is 5.82 Å². The molecule has 1 heterocycles. The summed E-state index contributed by atoms with van der Waals surface area (Å²) < 4.78 is 15.4. The smallest absolute Gasteiger partial charge is 0.250 e. The highest BCUT2D eigenvalue weighted by Gasteiger charge is 2.11. The number of aromatic nitrogens is 2. The van der Waals surface area contributed by atoms with E-state index < -0.39 is 11.7 Å². The maximum atomic E-state index is 13.0. The molecule has 4 nitrogen and oxygen atoms in total. The fourth-order valence-electron chi connectivity index (χ4n) is 1.34. The molecule has 0 bridgehead atoms. The van der Waals surface area contributed by atoms with Crippen molar-refractivity contribution in [1.29, 1.82) is 0 Å². The molecule has 0 unspecified atom stereocenters. The monoisotopic (exact) mass is 331 g/mol. The van der Waals surface area contributed by atoms with Crippen molar-refractivity contribution in [3.63, 3.8) is 0 Å². The predicted octanol–water partition coefficient (Wildman–Crippen LogP) is 1.71. The molecule has 0 aliphatic carbocycles. The molecule has 0 fully saturated rings. The molecule has 1 amide bonds. The first-order valence-corrected chi connectivity index (χ1v) is 5.45. The molecule has 82 valence electrons. The van der Waals surface area contributed by atoms with Crippen LogP contribution in [-0.4, -0.2) is 15.7 Å². The largest absolute Gasteiger partial charge is 0.366 e. The average Bonchev–Trinajstić information content (AvgIpc) is 2.64. The van der Waals surface area contributed by atoms with Crippen LogP contribution in [0.4, 0.5) is 4.39 Å². The number of carbonyl (C=O) groups excluding carboxylic acids is 1. The van der Waals surface area contributed by atoms with Crippen molar-refractivity contribution < 1.29 is 9.18 Å². The molecule has 0 radical (unpaired) electrons. The minimum atomic E-state index is -0.681. The van der Waals surface area contributed by atoms with Crippen molar-refractivity contribution in [3.8, 4) is 5.69 Å². The zero-order valence-corrected chi connectivity index (χ0v) is 10.2. The second-order valence-electron chi connectivity index (χ2n) is 3.13. The minimum Gasteiger partial charge on any atom is -0.366 e. The molecule has 0 saturated heterocycles. The van der Waals surface area contributed by atoms with Crippen LogP contribution >= 0.6 is 22.6 Å². The summed E-state index contributed by atoms with van der Waals surface area (Å²) in [6.45, 7) is 0. The highest BCUT2D eigenvalue weighted by Crippen LogP contribution is 2.16. The van der Waals surface area contributed by atoms with E-state index in [1.165, 1.54) is 16.8 Å². The van der Waals surface area contributed by atoms with E-state index in [1.807, 2.05) is 0 Å². The Balaban J connectivity index is 2.60. The van der Waals surface area contributed by atoms with Crippen LogP contribution in [0.3, 0.4) is 0 Å². The Morgan fingerprint density at radius 1 is 1.50 bits per heavy atom. The summed E-state index contributed by atoms with van der Waals surface area (Å²) in [5.41, 5.74) is 5.76. The molecule has 6 heteroatoms. The number of nitrogens with two attached hydrogens (primary N) is 1. The van der Waals surface area contributed by atoms with Crippen molar-refractivity contribution in [2.24, 2.45) is 5.73 Å². The van der Waals surface area contributed by atoms with Crippen LogP contribution in [0.15, 0.2) is 30.6 Å². The van der Waals surface area contributed by atoms with E-state index in [0.29, 0.717) is 5.69 Å². The fourth-order valence-corrected chi connectivity index (χ4v) is 1.73. The molecule has 2 aromatic rings. The zero-order chi connectivity index (χ0) is 11.7. The Kier molecular flexibility index (Phi) is 2.90. The Bertz CT molecular complexity index is 553. The van der Waals surface area contributed by atoms with Gasteiger partial charge in [-0.05, 0) is 40.8 Å². The molecular formula is C10H7FIN3O. The van der Waals surface area contributed by atoms with E-state index in [0.717, 1.165) is 9.64 Å². The Morgan fingerprint density at radius 3 is 2.81 bits per heavy atom. The first-order chi connectivity index (χ1) is 7.58. The average molecular weight is 331 g/mol. The maximum absolute atomic E-state index is 13.0. The highest BCUT2D eigenvalue weighted by molar-refractivity contribution is 14.1. The van der Waals surface area contributed by atoms with Crippen molar-refractivity contribution >= 4 is 28.5 Å². The topological polar surface area (TPSA) is 60.9 Å². The number of halogens is 2. The lowest BCUT2D eigenvalue weighted by molar-refractivity contribution is 0.0999. The normalized spacial score (nSPS) is 10.4. The van der Waals surface area contributed by atoms with E-state index in [-0.39, 0.29) is 5.56 Å². The van der Waals surface area contributed by atoms with Crippen LogP contribution in [0.2, 0.25) is 0 Å². The van der Waals surface area contributed by atoms with Crippen molar-refractivity contribution in [2.75, 3.05) is 0 Å². The van der Waals surface area contributed by atoms with Gasteiger partial charge in [0.2, 0.25) is 0 Å². The number of rotatable bonds is 2. The fraction of sp³-hybridized carbons (Fsp3) is 0. The third-order valence-corrected chi connectivity index (χ3v) is 2.58. The number of carbonyl (C=O) groups is 1. The van der Waals surface area contributed by atoms with Crippen LogP contribution in [0.1, 0.15) is 10.4 Å².